The summed E-state index contributed by atoms with van der Waals surface area (Å²) in [5.41, 5.74) is 1.96. The van der Waals surface area contributed by atoms with E-state index < -0.39 is 0 Å². The van der Waals surface area contributed by atoms with Crippen molar-refractivity contribution in [3.05, 3.63) is 71.1 Å². The number of benzene rings is 1. The molecule has 102 valence electrons. The van der Waals surface area contributed by atoms with Crippen LogP contribution in [0.25, 0.3) is 6.08 Å². The lowest BCUT2D eigenvalue weighted by Crippen LogP contribution is -2.31. The summed E-state index contributed by atoms with van der Waals surface area (Å²) < 4.78 is 0. The summed E-state index contributed by atoms with van der Waals surface area (Å²) in [5.74, 6) is 0. The van der Waals surface area contributed by atoms with Crippen LogP contribution in [-0.4, -0.2) is 11.0 Å². The van der Waals surface area contributed by atoms with Gasteiger partial charge in [0.2, 0.25) is 0 Å². The van der Waals surface area contributed by atoms with E-state index in [0.29, 0.717) is 11.6 Å². The van der Waals surface area contributed by atoms with Crippen molar-refractivity contribution in [2.75, 3.05) is 0 Å². The highest BCUT2D eigenvalue weighted by molar-refractivity contribution is 6.30. The first-order valence-corrected chi connectivity index (χ1v) is 6.47. The number of pyridine rings is 1. The number of rotatable bonds is 4. The van der Waals surface area contributed by atoms with E-state index in [4.69, 9.17) is 11.6 Å². The van der Waals surface area contributed by atoms with Crippen LogP contribution in [0.3, 0.4) is 0 Å². The zero-order valence-electron chi connectivity index (χ0n) is 10.7. The van der Waals surface area contributed by atoms with Crippen LogP contribution in [0.4, 0.5) is 4.79 Å². The summed E-state index contributed by atoms with van der Waals surface area (Å²) >= 11 is 5.79. The largest absolute Gasteiger partial charge is 0.334 e. The zero-order chi connectivity index (χ0) is 14.2. The van der Waals surface area contributed by atoms with Crippen molar-refractivity contribution in [2.45, 2.75) is 6.54 Å². The molecule has 0 saturated carbocycles. The van der Waals surface area contributed by atoms with Crippen molar-refractivity contribution in [3.63, 3.8) is 0 Å². The second-order valence-electron chi connectivity index (χ2n) is 4.07. The summed E-state index contributed by atoms with van der Waals surface area (Å²) in [6.45, 7) is 0.461. The van der Waals surface area contributed by atoms with E-state index in [1.165, 1.54) is 0 Å². The van der Waals surface area contributed by atoms with Crippen molar-refractivity contribution >= 4 is 23.7 Å². The van der Waals surface area contributed by atoms with E-state index in [0.717, 1.165) is 11.1 Å². The molecule has 1 aromatic heterocycles. The molecule has 2 aromatic rings. The van der Waals surface area contributed by atoms with Crippen LogP contribution in [0.15, 0.2) is 55.0 Å². The van der Waals surface area contributed by atoms with Gasteiger partial charge in [-0.25, -0.2) is 4.79 Å². The van der Waals surface area contributed by atoms with Gasteiger partial charge in [0.05, 0.1) is 0 Å². The number of carbonyl (C=O) groups excluding carboxylic acids is 1. The van der Waals surface area contributed by atoms with Gasteiger partial charge in [0.1, 0.15) is 0 Å². The Bertz CT molecular complexity index is 582. The smallest absolute Gasteiger partial charge is 0.319 e. The Labute approximate surface area is 122 Å². The third kappa shape index (κ3) is 4.74. The fourth-order valence-corrected chi connectivity index (χ4v) is 1.65. The fourth-order valence-electron chi connectivity index (χ4n) is 1.52. The molecule has 0 unspecified atom stereocenters. The molecular weight excluding hydrogens is 274 g/mol. The second kappa shape index (κ2) is 7.31. The number of halogens is 1. The van der Waals surface area contributed by atoms with Crippen molar-refractivity contribution in [2.24, 2.45) is 0 Å². The van der Waals surface area contributed by atoms with Crippen LogP contribution in [0, 0.1) is 0 Å². The molecule has 20 heavy (non-hydrogen) atoms. The van der Waals surface area contributed by atoms with Crippen LogP contribution in [0.1, 0.15) is 11.1 Å². The van der Waals surface area contributed by atoms with Gasteiger partial charge in [-0.3, -0.25) is 4.98 Å². The Morgan fingerprint density at radius 1 is 1.15 bits per heavy atom. The van der Waals surface area contributed by atoms with Crippen LogP contribution in [0.5, 0.6) is 0 Å². The van der Waals surface area contributed by atoms with Crippen molar-refractivity contribution < 1.29 is 4.79 Å². The normalized spacial score (nSPS) is 10.4. The van der Waals surface area contributed by atoms with Gasteiger partial charge in [-0.2, -0.15) is 0 Å². The lowest BCUT2D eigenvalue weighted by atomic mass is 10.2. The van der Waals surface area contributed by atoms with E-state index >= 15 is 0 Å². The fraction of sp³-hybridized carbons (Fsp3) is 0.0667. The topological polar surface area (TPSA) is 54.0 Å². The minimum atomic E-state index is -0.257. The van der Waals surface area contributed by atoms with E-state index in [1.807, 2.05) is 24.3 Å². The number of hydrogen-bond donors (Lipinski definition) is 2. The molecule has 1 heterocycles. The third-order valence-electron chi connectivity index (χ3n) is 2.56. The van der Waals surface area contributed by atoms with Crippen LogP contribution in [-0.2, 0) is 6.54 Å². The molecule has 0 aliphatic heterocycles. The Kier molecular flexibility index (Phi) is 5.15. The average Bonchev–Trinajstić information content (AvgIpc) is 2.48. The van der Waals surface area contributed by atoms with E-state index in [9.17, 15) is 4.79 Å². The van der Waals surface area contributed by atoms with Crippen molar-refractivity contribution in [1.29, 1.82) is 0 Å². The number of urea groups is 1. The van der Waals surface area contributed by atoms with Crippen LogP contribution < -0.4 is 10.6 Å². The molecule has 2 rings (SSSR count). The second-order valence-corrected chi connectivity index (χ2v) is 4.50. The monoisotopic (exact) mass is 287 g/mol. The van der Waals surface area contributed by atoms with Crippen molar-refractivity contribution in [1.82, 2.24) is 15.6 Å². The molecule has 0 fully saturated rings. The molecule has 0 atom stereocenters. The average molecular weight is 288 g/mol. The summed E-state index contributed by atoms with van der Waals surface area (Å²) in [6.07, 6.45) is 6.76. The molecule has 0 spiro atoms. The van der Waals surface area contributed by atoms with Gasteiger partial charge in [-0.1, -0.05) is 23.7 Å². The van der Waals surface area contributed by atoms with Gasteiger partial charge in [0.25, 0.3) is 0 Å². The van der Waals surface area contributed by atoms with Crippen LogP contribution in [0.2, 0.25) is 5.02 Å². The number of nitrogens with one attached hydrogen (secondary N) is 2. The van der Waals surface area contributed by atoms with Gasteiger partial charge in [0.15, 0.2) is 0 Å². The Morgan fingerprint density at radius 3 is 2.55 bits per heavy atom. The standard InChI is InChI=1S/C15H14ClN3O/c16-14-3-1-12(2-4-14)7-10-18-15(20)19-11-13-5-8-17-9-6-13/h1-10H,11H2,(H2,18,19,20)/b10-7+. The highest BCUT2D eigenvalue weighted by Gasteiger charge is 1.97. The molecular formula is C15H14ClN3O. The van der Waals surface area contributed by atoms with E-state index in [2.05, 4.69) is 15.6 Å². The zero-order valence-corrected chi connectivity index (χ0v) is 11.5. The molecule has 4 nitrogen and oxygen atoms in total. The number of carbonyl (C=O) groups is 1. The number of aromatic nitrogens is 1. The molecule has 1 aromatic carbocycles. The SMILES string of the molecule is O=C(N/C=C/c1ccc(Cl)cc1)NCc1ccncc1. The molecule has 0 saturated heterocycles. The van der Waals surface area contributed by atoms with Gasteiger partial charge in [-0.15, -0.1) is 0 Å². The summed E-state index contributed by atoms with van der Waals surface area (Å²) in [5, 5.41) is 6.07. The Balaban J connectivity index is 1.76. The quantitative estimate of drug-likeness (QED) is 0.907. The Hall–Kier alpha value is -2.33. The minimum absolute atomic E-state index is 0.257. The first-order valence-electron chi connectivity index (χ1n) is 6.09. The summed E-state index contributed by atoms with van der Waals surface area (Å²) in [6, 6.07) is 10.8. The molecule has 0 aliphatic carbocycles. The molecule has 0 bridgehead atoms. The van der Waals surface area contributed by atoms with Gasteiger partial charge in [0, 0.05) is 30.2 Å². The highest BCUT2D eigenvalue weighted by atomic mass is 35.5. The third-order valence-corrected chi connectivity index (χ3v) is 2.81. The first-order chi connectivity index (χ1) is 9.74. The van der Waals surface area contributed by atoms with E-state index in [-0.39, 0.29) is 6.03 Å². The van der Waals surface area contributed by atoms with Gasteiger partial charge < -0.3 is 10.6 Å². The van der Waals surface area contributed by atoms with Crippen LogP contribution >= 0.6 is 11.6 Å². The molecule has 0 radical (unpaired) electrons. The van der Waals surface area contributed by atoms with Crippen molar-refractivity contribution in [3.8, 4) is 0 Å². The lowest BCUT2D eigenvalue weighted by molar-refractivity contribution is 0.244. The molecule has 2 N–H and O–H groups in total. The first kappa shape index (κ1) is 14.1. The molecule has 0 aliphatic rings. The minimum Gasteiger partial charge on any atom is -0.334 e. The maximum absolute atomic E-state index is 11.6. The predicted octanol–water partition coefficient (Wildman–Crippen LogP) is 3.21. The highest BCUT2D eigenvalue weighted by Crippen LogP contribution is 2.10. The summed E-state index contributed by atoms with van der Waals surface area (Å²) in [4.78, 5) is 15.5. The predicted molar refractivity (Wildman–Crippen MR) is 80.1 cm³/mol. The summed E-state index contributed by atoms with van der Waals surface area (Å²) in [7, 11) is 0. The number of amides is 2. The van der Waals surface area contributed by atoms with Gasteiger partial charge in [-0.05, 0) is 41.5 Å². The number of nitrogens with zero attached hydrogens (tertiary/aromatic N) is 1. The van der Waals surface area contributed by atoms with E-state index in [1.54, 1.807) is 36.8 Å². The maximum atomic E-state index is 11.6. The number of hydrogen-bond acceptors (Lipinski definition) is 2. The molecule has 5 heteroatoms. The lowest BCUT2D eigenvalue weighted by Gasteiger charge is -2.04. The Morgan fingerprint density at radius 2 is 1.85 bits per heavy atom. The molecule has 2 amide bonds. The maximum Gasteiger partial charge on any atom is 0.319 e. The van der Waals surface area contributed by atoms with Gasteiger partial charge >= 0.3 is 6.03 Å².